The molecule has 0 spiro atoms. The summed E-state index contributed by atoms with van der Waals surface area (Å²) in [6.45, 7) is 6.31. The Morgan fingerprint density at radius 3 is 2.59 bits per heavy atom. The third-order valence-corrected chi connectivity index (χ3v) is 7.34. The summed E-state index contributed by atoms with van der Waals surface area (Å²) in [7, 11) is 0. The molecule has 8 nitrogen and oxygen atoms in total. The third kappa shape index (κ3) is 4.40. The maximum atomic E-state index is 5.01. The first-order valence-corrected chi connectivity index (χ1v) is 13.3. The zero-order chi connectivity index (χ0) is 26.2. The highest BCUT2D eigenvalue weighted by molar-refractivity contribution is 5.98. The molecule has 39 heavy (non-hydrogen) atoms. The number of aromatic amines is 2. The summed E-state index contributed by atoms with van der Waals surface area (Å²) >= 11 is 0. The van der Waals surface area contributed by atoms with Crippen molar-refractivity contribution in [1.82, 2.24) is 30.1 Å². The van der Waals surface area contributed by atoms with Crippen molar-refractivity contribution in [3.05, 3.63) is 91.5 Å². The summed E-state index contributed by atoms with van der Waals surface area (Å²) in [5.41, 5.74) is 9.98. The number of pyridine rings is 3. The normalized spacial score (nSPS) is 13.7. The van der Waals surface area contributed by atoms with E-state index in [4.69, 9.17) is 4.98 Å². The number of aromatic nitrogens is 6. The van der Waals surface area contributed by atoms with Crippen molar-refractivity contribution >= 4 is 39.0 Å². The summed E-state index contributed by atoms with van der Waals surface area (Å²) < 4.78 is 0. The molecule has 0 saturated carbocycles. The molecule has 6 aromatic rings. The SMILES string of the molecule is C=C(Nc1cncc(-c2ccc3[nH]nc(-c4cc5c(N6CCCCC6)cncc5[nH]4)c3n2)c1)c1ccccc1. The summed E-state index contributed by atoms with van der Waals surface area (Å²) in [6, 6.07) is 18.2. The Morgan fingerprint density at radius 1 is 0.872 bits per heavy atom. The van der Waals surface area contributed by atoms with Crippen LogP contribution in [0.4, 0.5) is 11.4 Å². The van der Waals surface area contributed by atoms with Gasteiger partial charge in [-0.1, -0.05) is 36.9 Å². The topological polar surface area (TPSA) is 98.4 Å². The van der Waals surface area contributed by atoms with E-state index in [0.717, 1.165) is 74.6 Å². The molecule has 192 valence electrons. The molecule has 5 aromatic heterocycles. The van der Waals surface area contributed by atoms with Gasteiger partial charge in [0.2, 0.25) is 0 Å². The van der Waals surface area contributed by atoms with E-state index in [0.29, 0.717) is 0 Å². The molecule has 0 atom stereocenters. The third-order valence-electron chi connectivity index (χ3n) is 7.34. The van der Waals surface area contributed by atoms with Crippen LogP contribution in [0.5, 0.6) is 0 Å². The van der Waals surface area contributed by atoms with Crippen molar-refractivity contribution in [2.45, 2.75) is 19.3 Å². The molecule has 0 aliphatic carbocycles. The van der Waals surface area contributed by atoms with Crippen molar-refractivity contribution in [2.24, 2.45) is 0 Å². The van der Waals surface area contributed by atoms with E-state index >= 15 is 0 Å². The van der Waals surface area contributed by atoms with Gasteiger partial charge in [0.25, 0.3) is 0 Å². The van der Waals surface area contributed by atoms with Crippen LogP contribution < -0.4 is 10.2 Å². The number of hydrogen-bond donors (Lipinski definition) is 3. The number of piperidine rings is 1. The van der Waals surface area contributed by atoms with Crippen LogP contribution in [0.2, 0.25) is 0 Å². The lowest BCUT2D eigenvalue weighted by molar-refractivity contribution is 0.578. The monoisotopic (exact) mass is 512 g/mol. The summed E-state index contributed by atoms with van der Waals surface area (Å²) in [5.74, 6) is 0. The van der Waals surface area contributed by atoms with Crippen molar-refractivity contribution < 1.29 is 0 Å². The van der Waals surface area contributed by atoms with Gasteiger partial charge in [0.15, 0.2) is 0 Å². The second-order valence-corrected chi connectivity index (χ2v) is 9.95. The van der Waals surface area contributed by atoms with Gasteiger partial charge in [-0.3, -0.25) is 15.1 Å². The van der Waals surface area contributed by atoms with Crippen LogP contribution >= 0.6 is 0 Å². The summed E-state index contributed by atoms with van der Waals surface area (Å²) in [5, 5.41) is 12.3. The second kappa shape index (κ2) is 9.72. The van der Waals surface area contributed by atoms with Crippen LogP contribution in [0, 0.1) is 0 Å². The maximum absolute atomic E-state index is 5.01. The molecular weight excluding hydrogens is 484 g/mol. The first-order chi connectivity index (χ1) is 19.2. The van der Waals surface area contributed by atoms with Crippen molar-refractivity contribution in [1.29, 1.82) is 0 Å². The fourth-order valence-electron chi connectivity index (χ4n) is 5.33. The quantitative estimate of drug-likeness (QED) is 0.232. The van der Waals surface area contributed by atoms with Crippen LogP contribution in [0.3, 0.4) is 0 Å². The Balaban J connectivity index is 1.22. The van der Waals surface area contributed by atoms with Crippen LogP contribution in [0.15, 0.2) is 86.0 Å². The number of fused-ring (bicyclic) bond motifs is 2. The van der Waals surface area contributed by atoms with E-state index in [-0.39, 0.29) is 0 Å². The first kappa shape index (κ1) is 23.2. The van der Waals surface area contributed by atoms with Crippen LogP contribution in [0.25, 0.3) is 50.3 Å². The fraction of sp³-hybridized carbons (Fsp3) is 0.161. The number of H-pyrrole nitrogens is 2. The molecule has 3 N–H and O–H groups in total. The molecule has 0 radical (unpaired) electrons. The highest BCUT2D eigenvalue weighted by Crippen LogP contribution is 2.34. The predicted molar refractivity (Wildman–Crippen MR) is 157 cm³/mol. The van der Waals surface area contributed by atoms with E-state index in [1.807, 2.05) is 67.1 Å². The van der Waals surface area contributed by atoms with Crippen LogP contribution in [-0.4, -0.2) is 43.2 Å². The lowest BCUT2D eigenvalue weighted by Crippen LogP contribution is -2.29. The van der Waals surface area contributed by atoms with Crippen molar-refractivity contribution in [3.63, 3.8) is 0 Å². The lowest BCUT2D eigenvalue weighted by Gasteiger charge is -2.28. The minimum Gasteiger partial charge on any atom is -0.370 e. The van der Waals surface area contributed by atoms with E-state index in [1.165, 1.54) is 24.9 Å². The minimum atomic E-state index is 0.785. The molecule has 1 saturated heterocycles. The number of benzene rings is 1. The van der Waals surface area contributed by atoms with E-state index in [9.17, 15) is 0 Å². The van der Waals surface area contributed by atoms with Crippen molar-refractivity contribution in [2.75, 3.05) is 23.3 Å². The van der Waals surface area contributed by atoms with E-state index in [2.05, 4.69) is 48.0 Å². The van der Waals surface area contributed by atoms with Crippen LogP contribution in [0.1, 0.15) is 24.8 Å². The predicted octanol–water partition coefficient (Wildman–Crippen LogP) is 6.64. The van der Waals surface area contributed by atoms with Gasteiger partial charge in [0.05, 0.1) is 52.4 Å². The Bertz CT molecular complexity index is 1790. The van der Waals surface area contributed by atoms with E-state index in [1.54, 1.807) is 6.20 Å². The molecule has 6 heterocycles. The van der Waals surface area contributed by atoms with Gasteiger partial charge in [0.1, 0.15) is 11.2 Å². The number of rotatable bonds is 6. The average Bonchev–Trinajstić information content (AvgIpc) is 3.62. The Hall–Kier alpha value is -4.98. The van der Waals surface area contributed by atoms with Gasteiger partial charge in [0, 0.05) is 35.9 Å². The molecule has 1 aromatic carbocycles. The lowest BCUT2D eigenvalue weighted by atomic mass is 10.1. The number of nitrogens with one attached hydrogen (secondary N) is 3. The van der Waals surface area contributed by atoms with Gasteiger partial charge in [-0.15, -0.1) is 0 Å². The van der Waals surface area contributed by atoms with Gasteiger partial charge in [-0.2, -0.15) is 5.10 Å². The molecular formula is C31H28N8. The Labute approximate surface area is 225 Å². The Morgan fingerprint density at radius 2 is 1.72 bits per heavy atom. The fourth-order valence-corrected chi connectivity index (χ4v) is 5.33. The van der Waals surface area contributed by atoms with Gasteiger partial charge in [-0.25, -0.2) is 4.98 Å². The molecule has 0 unspecified atom stereocenters. The first-order valence-electron chi connectivity index (χ1n) is 13.3. The van der Waals surface area contributed by atoms with Gasteiger partial charge >= 0.3 is 0 Å². The maximum Gasteiger partial charge on any atom is 0.135 e. The zero-order valence-electron chi connectivity index (χ0n) is 21.5. The molecule has 8 heteroatoms. The molecule has 0 bridgehead atoms. The minimum absolute atomic E-state index is 0.785. The smallest absolute Gasteiger partial charge is 0.135 e. The summed E-state index contributed by atoms with van der Waals surface area (Å²) in [4.78, 5) is 19.9. The molecule has 1 aliphatic rings. The van der Waals surface area contributed by atoms with Crippen LogP contribution in [-0.2, 0) is 0 Å². The number of anilines is 2. The largest absolute Gasteiger partial charge is 0.370 e. The highest BCUT2D eigenvalue weighted by Gasteiger charge is 2.18. The van der Waals surface area contributed by atoms with Gasteiger partial charge in [-0.05, 0) is 49.1 Å². The number of nitrogens with zero attached hydrogens (tertiary/aromatic N) is 5. The Kier molecular flexibility index (Phi) is 5.77. The molecule has 1 aliphatic heterocycles. The van der Waals surface area contributed by atoms with Gasteiger partial charge < -0.3 is 15.2 Å². The standard InChI is InChI=1S/C31H28N8/c1-20(21-8-4-2-5-9-21)34-23-14-22(16-32-17-23)25-10-11-26-30(36-25)31(38-37-26)27-15-24-28(35-27)18-33-19-29(24)39-12-6-3-7-13-39/h2,4-5,8-11,14-19,34-35H,1,3,6-7,12-13H2,(H,37,38). The molecule has 0 amide bonds. The molecule has 1 fully saturated rings. The summed E-state index contributed by atoms with van der Waals surface area (Å²) in [6.07, 6.45) is 11.2. The van der Waals surface area contributed by atoms with Crippen molar-refractivity contribution in [3.8, 4) is 22.6 Å². The highest BCUT2D eigenvalue weighted by atomic mass is 15.1. The zero-order valence-corrected chi connectivity index (χ0v) is 21.5. The average molecular weight is 513 g/mol. The number of hydrogen-bond acceptors (Lipinski definition) is 6. The second-order valence-electron chi connectivity index (χ2n) is 9.95. The molecule has 7 rings (SSSR count). The van der Waals surface area contributed by atoms with E-state index < -0.39 is 0 Å².